The van der Waals surface area contributed by atoms with Gasteiger partial charge in [-0.25, -0.2) is 0 Å². The summed E-state index contributed by atoms with van der Waals surface area (Å²) >= 11 is 0. The summed E-state index contributed by atoms with van der Waals surface area (Å²) in [4.78, 5) is 13.1. The number of amides is 1. The van der Waals surface area contributed by atoms with Crippen LogP contribution in [0.25, 0.3) is 0 Å². The van der Waals surface area contributed by atoms with E-state index in [-0.39, 0.29) is 5.91 Å². The van der Waals surface area contributed by atoms with Gasteiger partial charge in [0.1, 0.15) is 6.04 Å². The third-order valence-electron chi connectivity index (χ3n) is 4.35. The average Bonchev–Trinajstić information content (AvgIpc) is 3.09. The first-order chi connectivity index (χ1) is 12.6. The van der Waals surface area contributed by atoms with Crippen LogP contribution in [-0.2, 0) is 4.79 Å². The van der Waals surface area contributed by atoms with Crippen molar-refractivity contribution < 1.29 is 4.79 Å². The molecule has 0 fully saturated rings. The monoisotopic (exact) mass is 346 g/mol. The van der Waals surface area contributed by atoms with Gasteiger partial charge in [-0.15, -0.1) is 0 Å². The standard InChI is InChI=1S/C19H18N6O/c1-12-7-6-10-15(11-12)21-18(26)16-13(2)20-19-22-23-24-25(19)17(16)14-8-4-3-5-9-14/h3-11,17H,1-2H3,(H,21,26)(H,20,22,24). The van der Waals surface area contributed by atoms with Crippen LogP contribution >= 0.6 is 0 Å². The lowest BCUT2D eigenvalue weighted by Crippen LogP contribution is -2.31. The normalized spacial score (nSPS) is 16.0. The number of aromatic nitrogens is 4. The highest BCUT2D eigenvalue weighted by molar-refractivity contribution is 6.06. The first-order valence-electron chi connectivity index (χ1n) is 8.32. The number of hydrogen-bond donors (Lipinski definition) is 2. The van der Waals surface area contributed by atoms with E-state index in [4.69, 9.17) is 0 Å². The number of carbonyl (C=O) groups is 1. The molecule has 2 N–H and O–H groups in total. The molecule has 130 valence electrons. The molecule has 0 radical (unpaired) electrons. The molecule has 1 aliphatic rings. The van der Waals surface area contributed by atoms with E-state index in [1.54, 1.807) is 4.68 Å². The van der Waals surface area contributed by atoms with E-state index in [2.05, 4.69) is 26.2 Å². The summed E-state index contributed by atoms with van der Waals surface area (Å²) in [5, 5.41) is 17.9. The Morgan fingerprint density at radius 2 is 1.92 bits per heavy atom. The Morgan fingerprint density at radius 1 is 1.12 bits per heavy atom. The number of tetrazole rings is 1. The largest absolute Gasteiger partial charge is 0.326 e. The molecule has 0 aliphatic carbocycles. The first kappa shape index (κ1) is 16.0. The summed E-state index contributed by atoms with van der Waals surface area (Å²) in [6, 6.07) is 17.1. The van der Waals surface area contributed by atoms with Gasteiger partial charge in [0.25, 0.3) is 5.91 Å². The van der Waals surface area contributed by atoms with E-state index >= 15 is 0 Å². The van der Waals surface area contributed by atoms with Crippen LogP contribution in [-0.4, -0.2) is 26.1 Å². The molecule has 1 aromatic heterocycles. The Labute approximate surface area is 150 Å². The Hall–Kier alpha value is -3.48. The van der Waals surface area contributed by atoms with Gasteiger partial charge in [0.15, 0.2) is 0 Å². The Bertz CT molecular complexity index is 992. The van der Waals surface area contributed by atoms with Crippen molar-refractivity contribution in [3.8, 4) is 0 Å². The fourth-order valence-corrected chi connectivity index (χ4v) is 3.17. The lowest BCUT2D eigenvalue weighted by Gasteiger charge is -2.28. The maximum atomic E-state index is 13.1. The summed E-state index contributed by atoms with van der Waals surface area (Å²) in [6.45, 7) is 3.85. The van der Waals surface area contributed by atoms with E-state index in [0.717, 1.165) is 22.5 Å². The van der Waals surface area contributed by atoms with E-state index in [1.807, 2.05) is 68.4 Å². The minimum Gasteiger partial charge on any atom is -0.326 e. The number of rotatable bonds is 3. The minimum absolute atomic E-state index is 0.185. The predicted molar refractivity (Wildman–Crippen MR) is 98.5 cm³/mol. The molecule has 1 amide bonds. The van der Waals surface area contributed by atoms with Crippen LogP contribution in [0.4, 0.5) is 11.6 Å². The van der Waals surface area contributed by atoms with Gasteiger partial charge in [-0.3, -0.25) is 4.79 Å². The van der Waals surface area contributed by atoms with Crippen molar-refractivity contribution in [1.29, 1.82) is 0 Å². The zero-order valence-corrected chi connectivity index (χ0v) is 14.5. The Balaban J connectivity index is 1.75. The van der Waals surface area contributed by atoms with Crippen LogP contribution in [0, 0.1) is 6.92 Å². The molecule has 1 atom stereocenters. The van der Waals surface area contributed by atoms with Crippen molar-refractivity contribution in [1.82, 2.24) is 20.2 Å². The molecule has 26 heavy (non-hydrogen) atoms. The van der Waals surface area contributed by atoms with Crippen molar-refractivity contribution in [2.45, 2.75) is 19.9 Å². The van der Waals surface area contributed by atoms with E-state index in [1.165, 1.54) is 0 Å². The number of hydrogen-bond acceptors (Lipinski definition) is 5. The predicted octanol–water partition coefficient (Wildman–Crippen LogP) is 2.91. The van der Waals surface area contributed by atoms with Gasteiger partial charge in [0, 0.05) is 11.4 Å². The van der Waals surface area contributed by atoms with Crippen molar-refractivity contribution in [2.24, 2.45) is 0 Å². The number of nitrogens with one attached hydrogen (secondary N) is 2. The molecule has 2 heterocycles. The van der Waals surface area contributed by atoms with Gasteiger partial charge in [0.05, 0.1) is 5.57 Å². The van der Waals surface area contributed by atoms with E-state index < -0.39 is 6.04 Å². The quantitative estimate of drug-likeness (QED) is 0.762. The van der Waals surface area contributed by atoms with Gasteiger partial charge in [0.2, 0.25) is 5.95 Å². The summed E-state index contributed by atoms with van der Waals surface area (Å²) in [5.41, 5.74) is 4.09. The minimum atomic E-state index is -0.396. The summed E-state index contributed by atoms with van der Waals surface area (Å²) in [5.74, 6) is 0.332. The van der Waals surface area contributed by atoms with Gasteiger partial charge in [-0.05, 0) is 47.5 Å². The van der Waals surface area contributed by atoms with Gasteiger partial charge in [-0.2, -0.15) is 4.68 Å². The van der Waals surface area contributed by atoms with E-state index in [0.29, 0.717) is 11.5 Å². The Kier molecular flexibility index (Phi) is 3.96. The van der Waals surface area contributed by atoms with Crippen molar-refractivity contribution in [2.75, 3.05) is 10.6 Å². The molecule has 0 saturated carbocycles. The second-order valence-electron chi connectivity index (χ2n) is 6.25. The number of benzene rings is 2. The van der Waals surface area contributed by atoms with Crippen LogP contribution in [0.3, 0.4) is 0 Å². The molecular formula is C19H18N6O. The van der Waals surface area contributed by atoms with Crippen LogP contribution in [0.15, 0.2) is 65.9 Å². The molecular weight excluding hydrogens is 328 g/mol. The van der Waals surface area contributed by atoms with Crippen LogP contribution < -0.4 is 10.6 Å². The topological polar surface area (TPSA) is 84.7 Å². The fourth-order valence-electron chi connectivity index (χ4n) is 3.17. The first-order valence-corrected chi connectivity index (χ1v) is 8.32. The average molecular weight is 346 g/mol. The zero-order chi connectivity index (χ0) is 18.1. The highest BCUT2D eigenvalue weighted by Gasteiger charge is 2.33. The Morgan fingerprint density at radius 3 is 2.69 bits per heavy atom. The molecule has 0 saturated heterocycles. The molecule has 0 spiro atoms. The lowest BCUT2D eigenvalue weighted by atomic mass is 9.95. The number of aryl methyl sites for hydroxylation is 1. The molecule has 4 rings (SSSR count). The number of carbonyl (C=O) groups excluding carboxylic acids is 1. The van der Waals surface area contributed by atoms with Gasteiger partial charge in [-0.1, -0.05) is 47.6 Å². The van der Waals surface area contributed by atoms with Crippen LogP contribution in [0.1, 0.15) is 24.1 Å². The maximum Gasteiger partial charge on any atom is 0.255 e. The van der Waals surface area contributed by atoms with Crippen molar-refractivity contribution in [3.63, 3.8) is 0 Å². The second-order valence-corrected chi connectivity index (χ2v) is 6.25. The zero-order valence-electron chi connectivity index (χ0n) is 14.5. The highest BCUT2D eigenvalue weighted by atomic mass is 16.1. The number of anilines is 2. The molecule has 1 aliphatic heterocycles. The molecule has 0 bridgehead atoms. The molecule has 1 unspecified atom stereocenters. The molecule has 2 aromatic carbocycles. The summed E-state index contributed by atoms with van der Waals surface area (Å²) < 4.78 is 1.63. The van der Waals surface area contributed by atoms with Gasteiger partial charge >= 0.3 is 0 Å². The van der Waals surface area contributed by atoms with Gasteiger partial charge < -0.3 is 10.6 Å². The van der Waals surface area contributed by atoms with Crippen LogP contribution in [0.5, 0.6) is 0 Å². The lowest BCUT2D eigenvalue weighted by molar-refractivity contribution is -0.113. The second kappa shape index (κ2) is 6.44. The number of fused-ring (bicyclic) bond motifs is 1. The van der Waals surface area contributed by atoms with Crippen LogP contribution in [0.2, 0.25) is 0 Å². The molecule has 3 aromatic rings. The van der Waals surface area contributed by atoms with E-state index in [9.17, 15) is 4.79 Å². The summed E-state index contributed by atoms with van der Waals surface area (Å²) in [6.07, 6.45) is 0. The number of allylic oxidation sites excluding steroid dienone is 1. The third kappa shape index (κ3) is 2.83. The molecule has 7 heteroatoms. The number of nitrogens with zero attached hydrogens (tertiary/aromatic N) is 4. The fraction of sp³-hybridized carbons (Fsp3) is 0.158. The van der Waals surface area contributed by atoms with Crippen molar-refractivity contribution >= 4 is 17.5 Å². The molecule has 7 nitrogen and oxygen atoms in total. The maximum absolute atomic E-state index is 13.1. The van der Waals surface area contributed by atoms with Crippen molar-refractivity contribution in [3.05, 3.63) is 77.0 Å². The highest BCUT2D eigenvalue weighted by Crippen LogP contribution is 2.34. The summed E-state index contributed by atoms with van der Waals surface area (Å²) in [7, 11) is 0. The third-order valence-corrected chi connectivity index (χ3v) is 4.35. The SMILES string of the molecule is CC1=C(C(=O)Nc2cccc(C)c2)C(c2ccccc2)n2nnnc2N1. The smallest absolute Gasteiger partial charge is 0.255 e.